The molecule has 0 spiro atoms. The number of aromatic hydroxyl groups is 1. The molecule has 0 radical (unpaired) electrons. The van der Waals surface area contributed by atoms with Crippen LogP contribution in [0.5, 0.6) is 5.75 Å². The number of esters is 1. The minimum absolute atomic E-state index is 0.0697. The number of nitrogens with zero attached hydrogens (tertiary/aromatic N) is 2. The maximum atomic E-state index is 16.1. The van der Waals surface area contributed by atoms with Crippen molar-refractivity contribution in [2.45, 2.75) is 91.1 Å². The van der Waals surface area contributed by atoms with Crippen molar-refractivity contribution < 1.29 is 60.1 Å². The molecule has 0 saturated carbocycles. The maximum absolute atomic E-state index is 16.1. The number of rotatable bonds is 16. The second-order valence-electron chi connectivity index (χ2n) is 14.1. The van der Waals surface area contributed by atoms with Crippen molar-refractivity contribution >= 4 is 18.2 Å². The number of aryl methyl sites for hydroxylation is 2. The number of benzene rings is 3. The number of phenols is 1. The van der Waals surface area contributed by atoms with E-state index in [1.807, 2.05) is 13.8 Å². The molecule has 3 aromatic carbocycles. The molecular formula is C44H52F7N3O6. The van der Waals surface area contributed by atoms with Gasteiger partial charge in [0.05, 0.1) is 31.2 Å². The summed E-state index contributed by atoms with van der Waals surface area (Å²) in [6, 6.07) is 7.45. The number of likely N-dealkylation sites (tertiary alicyclic amines) is 1. The molecule has 1 unspecified atom stereocenters. The Morgan fingerprint density at radius 2 is 1.68 bits per heavy atom. The van der Waals surface area contributed by atoms with Crippen LogP contribution in [0.2, 0.25) is 0 Å². The fraction of sp³-hybridized carbons (Fsp3) is 0.432. The van der Waals surface area contributed by atoms with Gasteiger partial charge in [-0.2, -0.15) is 13.2 Å². The van der Waals surface area contributed by atoms with Crippen LogP contribution in [-0.2, 0) is 25.7 Å². The molecule has 3 N–H and O–H groups in total. The lowest BCUT2D eigenvalue weighted by atomic mass is 9.92. The molecule has 0 bridgehead atoms. The number of allylic oxidation sites excluding steroid dienone is 2. The molecule has 0 aromatic heterocycles. The van der Waals surface area contributed by atoms with Gasteiger partial charge < -0.3 is 30.1 Å². The number of ether oxygens (including phenoxy) is 1. The number of alkyl halides is 5. The molecule has 328 valence electrons. The number of hydrogen-bond donors (Lipinski definition) is 3. The highest BCUT2D eigenvalue weighted by Gasteiger charge is 2.39. The molecule has 16 heteroatoms. The first-order valence-electron chi connectivity index (χ1n) is 19.5. The van der Waals surface area contributed by atoms with Gasteiger partial charge in [-0.25, -0.2) is 17.6 Å². The molecule has 1 aliphatic heterocycles. The minimum Gasteiger partial charge on any atom is -0.507 e. The average Bonchev–Trinajstić information content (AvgIpc) is 3.18. The second-order valence-corrected chi connectivity index (χ2v) is 14.1. The van der Waals surface area contributed by atoms with Crippen LogP contribution in [0.3, 0.4) is 0 Å². The van der Waals surface area contributed by atoms with E-state index in [2.05, 4.69) is 5.32 Å². The first-order chi connectivity index (χ1) is 28.3. The molecule has 1 heterocycles. The Morgan fingerprint density at radius 3 is 2.27 bits per heavy atom. The van der Waals surface area contributed by atoms with E-state index in [1.165, 1.54) is 50.1 Å². The fourth-order valence-corrected chi connectivity index (χ4v) is 6.97. The SMILES string of the molecule is CC.CCOC(=O)C[C@H](NC(=O)C(c1cc(CO)ccc1F)N(C)/C=C(CCN1CCC(F)(F)CC1)\C(=C/C=O)C(F)(F)F)c1cc(-c2c(C)cccc2O)cc(C)c1F. The topological polar surface area (TPSA) is 119 Å². The number of aliphatic hydroxyl groups is 1. The molecule has 4 rings (SSSR count). The predicted octanol–water partition coefficient (Wildman–Crippen LogP) is 8.95. The molecule has 1 amide bonds. The highest BCUT2D eigenvalue weighted by Crippen LogP contribution is 2.38. The highest BCUT2D eigenvalue weighted by atomic mass is 19.4. The van der Waals surface area contributed by atoms with Crippen LogP contribution < -0.4 is 5.32 Å². The molecule has 1 fully saturated rings. The summed E-state index contributed by atoms with van der Waals surface area (Å²) in [5.41, 5.74) is -1.09. The Kier molecular flexibility index (Phi) is 17.9. The molecule has 0 aliphatic carbocycles. The lowest BCUT2D eigenvalue weighted by Crippen LogP contribution is -2.41. The Bertz CT molecular complexity index is 2010. The number of aliphatic hydroxyl groups excluding tert-OH is 1. The Hall–Kier alpha value is -5.22. The van der Waals surface area contributed by atoms with Crippen molar-refractivity contribution in [3.8, 4) is 16.9 Å². The second kappa shape index (κ2) is 21.9. The van der Waals surface area contributed by atoms with Gasteiger partial charge in [-0.15, -0.1) is 0 Å². The first-order valence-corrected chi connectivity index (χ1v) is 19.5. The largest absolute Gasteiger partial charge is 0.507 e. The van der Waals surface area contributed by atoms with Gasteiger partial charge in [-0.1, -0.05) is 32.0 Å². The van der Waals surface area contributed by atoms with E-state index in [4.69, 9.17) is 4.74 Å². The molecule has 2 atom stereocenters. The van der Waals surface area contributed by atoms with Crippen LogP contribution in [0.15, 0.2) is 72.0 Å². The number of nitrogens with one attached hydrogen (secondary N) is 1. The predicted molar refractivity (Wildman–Crippen MR) is 213 cm³/mol. The van der Waals surface area contributed by atoms with Gasteiger partial charge in [0.15, 0.2) is 0 Å². The van der Waals surface area contributed by atoms with E-state index in [0.29, 0.717) is 16.7 Å². The molecule has 60 heavy (non-hydrogen) atoms. The van der Waals surface area contributed by atoms with Crippen LogP contribution in [0, 0.1) is 25.5 Å². The number of likely N-dealkylation sites (N-methyl/N-ethyl adjacent to an activating group) is 1. The zero-order valence-corrected chi connectivity index (χ0v) is 34.4. The molecule has 3 aromatic rings. The van der Waals surface area contributed by atoms with Gasteiger partial charge in [0.25, 0.3) is 5.92 Å². The van der Waals surface area contributed by atoms with Gasteiger partial charge in [0, 0.05) is 62.4 Å². The Labute approximate surface area is 345 Å². The van der Waals surface area contributed by atoms with Gasteiger partial charge in [0.1, 0.15) is 29.7 Å². The van der Waals surface area contributed by atoms with Gasteiger partial charge in [-0.3, -0.25) is 14.4 Å². The first kappa shape index (κ1) is 49.1. The number of carbonyl (C=O) groups excluding carboxylic acids is 3. The summed E-state index contributed by atoms with van der Waals surface area (Å²) in [6.07, 6.45) is -6.09. The third kappa shape index (κ3) is 12.9. The number of halogens is 7. The normalized spacial score (nSPS) is 15.6. The highest BCUT2D eigenvalue weighted by molar-refractivity contribution is 5.85. The van der Waals surface area contributed by atoms with Gasteiger partial charge >= 0.3 is 12.1 Å². The molecular weight excluding hydrogens is 799 g/mol. The lowest BCUT2D eigenvalue weighted by molar-refractivity contribution is -0.144. The average molecular weight is 852 g/mol. The van der Waals surface area contributed by atoms with Gasteiger partial charge in [0.2, 0.25) is 5.91 Å². The standard InChI is InChI=1S/C42H46F7N3O6.C2H6/c1-5-58-36(56)22-34(31-21-29(19-26(3)38(31)44)37-25(2)7-6-8-35(37)55)50-40(57)39(30-20-27(24-54)9-10-33(30)43)51(4)23-28(32(12-18-53)42(47,48)49)11-15-52-16-13-41(45,46)14-17-52;1-2/h6-10,12,18-21,23,34,39,54-55H,5,11,13-17,22,24H2,1-4H3,(H,50,57);1-2H3/b28-23-,32-12+;/t34-,39?;/m0./s1. The summed E-state index contributed by atoms with van der Waals surface area (Å²) >= 11 is 0. The Balaban J connectivity index is 0.00000473. The van der Waals surface area contributed by atoms with E-state index < -0.39 is 96.7 Å². The van der Waals surface area contributed by atoms with Crippen LogP contribution >= 0.6 is 0 Å². The van der Waals surface area contributed by atoms with Crippen molar-refractivity contribution in [1.29, 1.82) is 0 Å². The zero-order valence-electron chi connectivity index (χ0n) is 34.4. The summed E-state index contributed by atoms with van der Waals surface area (Å²) in [7, 11) is 1.17. The van der Waals surface area contributed by atoms with E-state index in [0.717, 1.165) is 23.2 Å². The number of phenolic OH excluding ortho intramolecular Hbond substituents is 1. The third-order valence-corrected chi connectivity index (χ3v) is 9.91. The summed E-state index contributed by atoms with van der Waals surface area (Å²) < 4.78 is 108. The number of amides is 1. The van der Waals surface area contributed by atoms with Crippen LogP contribution in [-0.4, -0.2) is 83.6 Å². The van der Waals surface area contributed by atoms with E-state index >= 15 is 8.78 Å². The summed E-state index contributed by atoms with van der Waals surface area (Å²) in [5, 5.41) is 23.2. The van der Waals surface area contributed by atoms with Gasteiger partial charge in [-0.05, 0) is 91.4 Å². The lowest BCUT2D eigenvalue weighted by Gasteiger charge is -2.33. The molecule has 9 nitrogen and oxygen atoms in total. The number of carbonyl (C=O) groups is 3. The van der Waals surface area contributed by atoms with Crippen molar-refractivity contribution in [2.75, 3.05) is 33.3 Å². The number of piperidine rings is 1. The van der Waals surface area contributed by atoms with E-state index in [1.54, 1.807) is 19.1 Å². The number of hydrogen-bond acceptors (Lipinski definition) is 8. The molecule has 1 saturated heterocycles. The third-order valence-electron chi connectivity index (χ3n) is 9.91. The van der Waals surface area contributed by atoms with Crippen LogP contribution in [0.25, 0.3) is 11.1 Å². The van der Waals surface area contributed by atoms with Crippen molar-refractivity contribution in [1.82, 2.24) is 15.1 Å². The smallest absolute Gasteiger partial charge is 0.416 e. The summed E-state index contributed by atoms with van der Waals surface area (Å²) in [6.45, 7) is 7.62. The minimum atomic E-state index is -5.10. The monoisotopic (exact) mass is 851 g/mol. The molecule has 1 aliphatic rings. The van der Waals surface area contributed by atoms with Crippen LogP contribution in [0.1, 0.15) is 86.4 Å². The zero-order chi connectivity index (χ0) is 44.9. The summed E-state index contributed by atoms with van der Waals surface area (Å²) in [5.74, 6) is -6.88. The van der Waals surface area contributed by atoms with E-state index in [-0.39, 0.29) is 61.0 Å². The summed E-state index contributed by atoms with van der Waals surface area (Å²) in [4.78, 5) is 41.5. The van der Waals surface area contributed by atoms with Crippen molar-refractivity contribution in [2.24, 2.45) is 0 Å². The van der Waals surface area contributed by atoms with Crippen molar-refractivity contribution in [3.05, 3.63) is 111 Å². The number of aldehydes is 1. The quantitative estimate of drug-likeness (QED) is 0.0430. The van der Waals surface area contributed by atoms with E-state index in [9.17, 15) is 46.5 Å². The van der Waals surface area contributed by atoms with Crippen molar-refractivity contribution in [3.63, 3.8) is 0 Å². The van der Waals surface area contributed by atoms with Crippen LogP contribution in [0.4, 0.5) is 30.7 Å². The maximum Gasteiger partial charge on any atom is 0.416 e. The Morgan fingerprint density at radius 1 is 1.02 bits per heavy atom. The fourth-order valence-electron chi connectivity index (χ4n) is 6.97.